The van der Waals surface area contributed by atoms with Crippen LogP contribution in [-0.2, 0) is 6.42 Å². The van der Waals surface area contributed by atoms with E-state index in [1.165, 1.54) is 30.4 Å². The highest BCUT2D eigenvalue weighted by Crippen LogP contribution is 2.07. The van der Waals surface area contributed by atoms with Gasteiger partial charge in [-0.25, -0.2) is 0 Å². The summed E-state index contributed by atoms with van der Waals surface area (Å²) in [5, 5.41) is 21.5. The predicted molar refractivity (Wildman–Crippen MR) is 62.2 cm³/mol. The molecule has 0 unspecified atom stereocenters. The van der Waals surface area contributed by atoms with Crippen molar-refractivity contribution in [1.82, 2.24) is 0 Å². The van der Waals surface area contributed by atoms with Gasteiger partial charge in [-0.15, -0.1) is 0 Å². The Morgan fingerprint density at radius 2 is 1.80 bits per heavy atom. The summed E-state index contributed by atoms with van der Waals surface area (Å²) in [6.45, 7) is 4.38. The average molecular weight is 210 g/mol. The van der Waals surface area contributed by atoms with Gasteiger partial charge in [0.25, 0.3) is 0 Å². The zero-order valence-corrected chi connectivity index (χ0v) is 9.35. The SMILES string of the molecule is CCCCc1cccc(C)c1.OB(O)O. The van der Waals surface area contributed by atoms with E-state index in [9.17, 15) is 0 Å². The van der Waals surface area contributed by atoms with Gasteiger partial charge >= 0.3 is 7.32 Å². The number of hydrogen-bond donors (Lipinski definition) is 3. The third-order valence-electron chi connectivity index (χ3n) is 1.90. The normalized spacial score (nSPS) is 9.13. The summed E-state index contributed by atoms with van der Waals surface area (Å²) in [5.74, 6) is 0. The monoisotopic (exact) mass is 210 g/mol. The maximum Gasteiger partial charge on any atom is 0.631 e. The van der Waals surface area contributed by atoms with Gasteiger partial charge in [-0.05, 0) is 25.3 Å². The molecule has 15 heavy (non-hydrogen) atoms. The van der Waals surface area contributed by atoms with E-state index in [0.29, 0.717) is 0 Å². The largest absolute Gasteiger partial charge is 0.631 e. The Labute approximate surface area is 91.6 Å². The van der Waals surface area contributed by atoms with Crippen LogP contribution < -0.4 is 0 Å². The molecule has 0 aliphatic rings. The molecule has 0 aliphatic heterocycles. The Bertz CT molecular complexity index is 261. The molecule has 0 saturated heterocycles. The summed E-state index contributed by atoms with van der Waals surface area (Å²) in [6.07, 6.45) is 3.83. The zero-order valence-electron chi connectivity index (χ0n) is 9.35. The molecule has 4 heteroatoms. The first kappa shape index (κ1) is 14.2. The summed E-state index contributed by atoms with van der Waals surface area (Å²) < 4.78 is 0. The molecule has 1 rings (SSSR count). The lowest BCUT2D eigenvalue weighted by Gasteiger charge is -1.99. The Kier molecular flexibility index (Phi) is 8.00. The highest BCUT2D eigenvalue weighted by molar-refractivity contribution is 6.30. The van der Waals surface area contributed by atoms with Crippen LogP contribution in [0.1, 0.15) is 30.9 Å². The van der Waals surface area contributed by atoms with Gasteiger partial charge in [0.05, 0.1) is 0 Å². The summed E-state index contributed by atoms with van der Waals surface area (Å²) in [6, 6.07) is 8.77. The first-order valence-corrected chi connectivity index (χ1v) is 5.16. The molecule has 0 fully saturated rings. The van der Waals surface area contributed by atoms with Crippen LogP contribution in [0.4, 0.5) is 0 Å². The Morgan fingerprint density at radius 1 is 1.20 bits per heavy atom. The smallest absolute Gasteiger partial charge is 0.402 e. The minimum Gasteiger partial charge on any atom is -0.402 e. The van der Waals surface area contributed by atoms with Gasteiger partial charge in [0.1, 0.15) is 0 Å². The van der Waals surface area contributed by atoms with Crippen LogP contribution in [-0.4, -0.2) is 22.4 Å². The molecule has 3 nitrogen and oxygen atoms in total. The maximum atomic E-state index is 7.17. The minimum absolute atomic E-state index is 1.23. The molecule has 0 saturated carbocycles. The number of rotatable bonds is 3. The standard InChI is InChI=1S/C11H16.BH3O3/c1-3-4-7-11-8-5-6-10(2)9-11;2-1(3)4/h5-6,8-9H,3-4,7H2,1-2H3;2-4H. The lowest BCUT2D eigenvalue weighted by molar-refractivity contribution is 0.278. The quantitative estimate of drug-likeness (QED) is 0.658. The van der Waals surface area contributed by atoms with Crippen molar-refractivity contribution < 1.29 is 15.1 Å². The minimum atomic E-state index is -2.17. The van der Waals surface area contributed by atoms with Crippen molar-refractivity contribution in [3.63, 3.8) is 0 Å². The fourth-order valence-corrected chi connectivity index (χ4v) is 1.25. The Balaban J connectivity index is 0.000000423. The highest BCUT2D eigenvalue weighted by Gasteiger charge is 1.92. The molecule has 3 N–H and O–H groups in total. The van der Waals surface area contributed by atoms with Gasteiger partial charge < -0.3 is 15.1 Å². The van der Waals surface area contributed by atoms with Crippen molar-refractivity contribution >= 4 is 7.32 Å². The molecule has 0 amide bonds. The molecule has 0 aromatic heterocycles. The maximum absolute atomic E-state index is 7.17. The van der Waals surface area contributed by atoms with Crippen LogP contribution >= 0.6 is 0 Å². The van der Waals surface area contributed by atoms with E-state index >= 15 is 0 Å². The molecule has 84 valence electrons. The Morgan fingerprint density at radius 3 is 2.27 bits per heavy atom. The molecule has 0 radical (unpaired) electrons. The van der Waals surface area contributed by atoms with E-state index in [0.717, 1.165) is 0 Å². The van der Waals surface area contributed by atoms with Crippen molar-refractivity contribution in [2.75, 3.05) is 0 Å². The summed E-state index contributed by atoms with van der Waals surface area (Å²) in [7, 11) is -2.17. The number of benzene rings is 1. The van der Waals surface area contributed by atoms with Crippen molar-refractivity contribution in [2.24, 2.45) is 0 Å². The molecule has 0 atom stereocenters. The van der Waals surface area contributed by atoms with Crippen LogP contribution in [0.2, 0.25) is 0 Å². The topological polar surface area (TPSA) is 60.7 Å². The molecule has 1 aromatic rings. The summed E-state index contributed by atoms with van der Waals surface area (Å²) >= 11 is 0. The third-order valence-corrected chi connectivity index (χ3v) is 1.90. The lowest BCUT2D eigenvalue weighted by Crippen LogP contribution is -2.07. The second kappa shape index (κ2) is 8.47. The van der Waals surface area contributed by atoms with Gasteiger partial charge in [0.2, 0.25) is 0 Å². The van der Waals surface area contributed by atoms with Crippen molar-refractivity contribution in [3.05, 3.63) is 35.4 Å². The number of aryl methyl sites for hydroxylation is 2. The van der Waals surface area contributed by atoms with E-state index in [2.05, 4.69) is 38.1 Å². The summed E-state index contributed by atoms with van der Waals surface area (Å²) in [4.78, 5) is 0. The van der Waals surface area contributed by atoms with Crippen LogP contribution in [0.25, 0.3) is 0 Å². The van der Waals surface area contributed by atoms with Crippen molar-refractivity contribution in [3.8, 4) is 0 Å². The molecule has 1 aromatic carbocycles. The molecule has 0 aliphatic carbocycles. The van der Waals surface area contributed by atoms with E-state index in [1.54, 1.807) is 0 Å². The van der Waals surface area contributed by atoms with Crippen molar-refractivity contribution in [1.29, 1.82) is 0 Å². The van der Waals surface area contributed by atoms with E-state index in [-0.39, 0.29) is 0 Å². The highest BCUT2D eigenvalue weighted by atomic mass is 16.5. The fraction of sp³-hybridized carbons (Fsp3) is 0.455. The van der Waals surface area contributed by atoms with Crippen LogP contribution in [0.3, 0.4) is 0 Å². The number of hydrogen-bond acceptors (Lipinski definition) is 3. The first-order valence-electron chi connectivity index (χ1n) is 5.16. The third kappa shape index (κ3) is 9.47. The van der Waals surface area contributed by atoms with Crippen LogP contribution in [0.15, 0.2) is 24.3 Å². The van der Waals surface area contributed by atoms with Gasteiger partial charge in [-0.2, -0.15) is 0 Å². The molecule has 0 heterocycles. The van der Waals surface area contributed by atoms with E-state index in [4.69, 9.17) is 15.1 Å². The predicted octanol–water partition coefficient (Wildman–Crippen LogP) is 1.29. The van der Waals surface area contributed by atoms with Crippen LogP contribution in [0, 0.1) is 6.92 Å². The molecular weight excluding hydrogens is 191 g/mol. The zero-order chi connectivity index (χ0) is 11.7. The fourth-order valence-electron chi connectivity index (χ4n) is 1.25. The first-order chi connectivity index (χ1) is 7.06. The Hall–Kier alpha value is -0.835. The second-order valence-corrected chi connectivity index (χ2v) is 3.44. The second-order valence-electron chi connectivity index (χ2n) is 3.44. The molecule has 0 spiro atoms. The lowest BCUT2D eigenvalue weighted by atomic mass is 10.1. The van der Waals surface area contributed by atoms with Crippen molar-refractivity contribution in [2.45, 2.75) is 33.1 Å². The average Bonchev–Trinajstić information content (AvgIpc) is 2.14. The van der Waals surface area contributed by atoms with Gasteiger partial charge in [0, 0.05) is 0 Å². The molecular formula is C11H19BO3. The van der Waals surface area contributed by atoms with Gasteiger partial charge in [-0.3, -0.25) is 0 Å². The molecule has 0 bridgehead atoms. The summed E-state index contributed by atoms with van der Waals surface area (Å²) in [5.41, 5.74) is 2.85. The van der Waals surface area contributed by atoms with E-state index in [1.807, 2.05) is 0 Å². The van der Waals surface area contributed by atoms with Crippen LogP contribution in [0.5, 0.6) is 0 Å². The van der Waals surface area contributed by atoms with E-state index < -0.39 is 7.32 Å². The van der Waals surface area contributed by atoms with Gasteiger partial charge in [-0.1, -0.05) is 43.2 Å². The van der Waals surface area contributed by atoms with Gasteiger partial charge in [0.15, 0.2) is 0 Å². The number of unbranched alkanes of at least 4 members (excludes halogenated alkanes) is 1.